The molecule has 1 saturated heterocycles. The van der Waals surface area contributed by atoms with Crippen LogP contribution in [0.4, 0.5) is 0 Å². The van der Waals surface area contributed by atoms with E-state index in [2.05, 4.69) is 71.6 Å². The number of likely N-dealkylation sites (tertiary alicyclic amines) is 1. The second-order valence-corrected chi connectivity index (χ2v) is 7.60. The number of benzene rings is 3. The van der Waals surface area contributed by atoms with Gasteiger partial charge >= 0.3 is 0 Å². The highest BCUT2D eigenvalue weighted by Crippen LogP contribution is 2.33. The van der Waals surface area contributed by atoms with Crippen molar-refractivity contribution in [3.05, 3.63) is 102 Å². The van der Waals surface area contributed by atoms with Crippen molar-refractivity contribution in [1.29, 1.82) is 0 Å². The fourth-order valence-electron chi connectivity index (χ4n) is 4.23. The summed E-state index contributed by atoms with van der Waals surface area (Å²) < 4.78 is 12.0. The van der Waals surface area contributed by atoms with Gasteiger partial charge in [0.1, 0.15) is 11.9 Å². The monoisotopic (exact) mass is 387 g/mol. The van der Waals surface area contributed by atoms with Gasteiger partial charge in [-0.15, -0.1) is 0 Å². The SMILES string of the molecule is COc1ccccc1C1CCN(CCOC(c2ccccc2)c2ccccc2)C1. The Balaban J connectivity index is 1.36. The predicted octanol–water partition coefficient (Wildman–Crippen LogP) is 5.29. The van der Waals surface area contributed by atoms with Gasteiger partial charge in [-0.25, -0.2) is 0 Å². The lowest BCUT2D eigenvalue weighted by Gasteiger charge is -2.22. The van der Waals surface area contributed by atoms with Gasteiger partial charge in [0, 0.05) is 19.0 Å². The Morgan fingerprint density at radius 2 is 1.48 bits per heavy atom. The average Bonchev–Trinajstić information content (AvgIpc) is 3.26. The average molecular weight is 388 g/mol. The standard InChI is InChI=1S/C26H29NO2/c1-28-25-15-9-8-14-24(25)23-16-17-27(20-23)18-19-29-26(21-10-4-2-5-11-21)22-12-6-3-7-13-22/h2-15,23,26H,16-20H2,1H3. The van der Waals surface area contributed by atoms with Crippen molar-refractivity contribution in [2.75, 3.05) is 33.4 Å². The molecule has 1 heterocycles. The Morgan fingerprint density at radius 3 is 2.14 bits per heavy atom. The molecule has 4 rings (SSSR count). The normalized spacial score (nSPS) is 17.0. The van der Waals surface area contributed by atoms with Crippen LogP contribution in [0.25, 0.3) is 0 Å². The first-order chi connectivity index (χ1) is 14.3. The van der Waals surface area contributed by atoms with Gasteiger partial charge in [-0.05, 0) is 35.7 Å². The van der Waals surface area contributed by atoms with E-state index in [1.807, 2.05) is 18.2 Å². The van der Waals surface area contributed by atoms with E-state index in [0.717, 1.165) is 25.4 Å². The molecular formula is C26H29NO2. The van der Waals surface area contributed by atoms with Crippen LogP contribution in [-0.4, -0.2) is 38.3 Å². The molecule has 0 aliphatic carbocycles. The van der Waals surface area contributed by atoms with Gasteiger partial charge < -0.3 is 14.4 Å². The van der Waals surface area contributed by atoms with Crippen LogP contribution in [0.2, 0.25) is 0 Å². The lowest BCUT2D eigenvalue weighted by Crippen LogP contribution is -2.26. The smallest absolute Gasteiger partial charge is 0.122 e. The summed E-state index contributed by atoms with van der Waals surface area (Å²) in [4.78, 5) is 2.50. The molecular weight excluding hydrogens is 358 g/mol. The van der Waals surface area contributed by atoms with Crippen molar-refractivity contribution < 1.29 is 9.47 Å². The largest absolute Gasteiger partial charge is 0.496 e. The summed E-state index contributed by atoms with van der Waals surface area (Å²) in [6, 6.07) is 29.4. The molecule has 1 aliphatic rings. The molecule has 3 nitrogen and oxygen atoms in total. The number of ether oxygens (including phenoxy) is 2. The minimum Gasteiger partial charge on any atom is -0.496 e. The maximum absolute atomic E-state index is 6.40. The summed E-state index contributed by atoms with van der Waals surface area (Å²) in [5, 5.41) is 0. The molecule has 0 radical (unpaired) electrons. The first-order valence-corrected chi connectivity index (χ1v) is 10.4. The second-order valence-electron chi connectivity index (χ2n) is 7.60. The van der Waals surface area contributed by atoms with Crippen LogP contribution in [0.1, 0.15) is 35.1 Å². The van der Waals surface area contributed by atoms with Crippen LogP contribution in [0.15, 0.2) is 84.9 Å². The van der Waals surface area contributed by atoms with E-state index in [4.69, 9.17) is 9.47 Å². The molecule has 3 heteroatoms. The van der Waals surface area contributed by atoms with Crippen molar-refractivity contribution in [3.63, 3.8) is 0 Å². The third-order valence-corrected chi connectivity index (χ3v) is 5.75. The summed E-state index contributed by atoms with van der Waals surface area (Å²) in [5.74, 6) is 1.54. The molecule has 3 aromatic carbocycles. The summed E-state index contributed by atoms with van der Waals surface area (Å²) in [6.45, 7) is 3.83. The van der Waals surface area contributed by atoms with E-state index >= 15 is 0 Å². The zero-order valence-corrected chi connectivity index (χ0v) is 17.0. The topological polar surface area (TPSA) is 21.7 Å². The first kappa shape index (κ1) is 19.7. The Labute approximate surface area is 173 Å². The van der Waals surface area contributed by atoms with E-state index < -0.39 is 0 Å². The number of nitrogens with zero attached hydrogens (tertiary/aromatic N) is 1. The third-order valence-electron chi connectivity index (χ3n) is 5.75. The minimum absolute atomic E-state index is 0.0231. The van der Waals surface area contributed by atoms with Crippen LogP contribution in [-0.2, 0) is 4.74 Å². The maximum Gasteiger partial charge on any atom is 0.122 e. The molecule has 150 valence electrons. The molecule has 1 fully saturated rings. The molecule has 29 heavy (non-hydrogen) atoms. The molecule has 1 unspecified atom stereocenters. The molecule has 0 amide bonds. The summed E-state index contributed by atoms with van der Waals surface area (Å²) >= 11 is 0. The fourth-order valence-corrected chi connectivity index (χ4v) is 4.23. The Bertz CT molecular complexity index is 842. The predicted molar refractivity (Wildman–Crippen MR) is 117 cm³/mol. The molecule has 1 aliphatic heterocycles. The maximum atomic E-state index is 6.40. The zero-order valence-electron chi connectivity index (χ0n) is 17.0. The fraction of sp³-hybridized carbons (Fsp3) is 0.308. The molecule has 1 atom stereocenters. The first-order valence-electron chi connectivity index (χ1n) is 10.4. The van der Waals surface area contributed by atoms with Crippen molar-refractivity contribution in [2.24, 2.45) is 0 Å². The number of methoxy groups -OCH3 is 1. The lowest BCUT2D eigenvalue weighted by atomic mass is 9.97. The van der Waals surface area contributed by atoms with Crippen molar-refractivity contribution >= 4 is 0 Å². The van der Waals surface area contributed by atoms with E-state index in [9.17, 15) is 0 Å². The third kappa shape index (κ3) is 4.87. The summed E-state index contributed by atoms with van der Waals surface area (Å²) in [5.41, 5.74) is 3.73. The molecule has 0 bridgehead atoms. The number of rotatable bonds is 8. The van der Waals surface area contributed by atoms with E-state index in [1.54, 1.807) is 7.11 Å². The van der Waals surface area contributed by atoms with Gasteiger partial charge in [-0.3, -0.25) is 0 Å². The Kier molecular flexibility index (Phi) is 6.60. The number of hydrogen-bond donors (Lipinski definition) is 0. The second kappa shape index (κ2) is 9.73. The molecule has 0 saturated carbocycles. The number of para-hydroxylation sites is 1. The Hall–Kier alpha value is -2.62. The van der Waals surface area contributed by atoms with Gasteiger partial charge in [0.25, 0.3) is 0 Å². The Morgan fingerprint density at radius 1 is 0.862 bits per heavy atom. The highest BCUT2D eigenvalue weighted by Gasteiger charge is 2.26. The van der Waals surface area contributed by atoms with Crippen LogP contribution in [0.3, 0.4) is 0 Å². The van der Waals surface area contributed by atoms with Gasteiger partial charge in [-0.1, -0.05) is 78.9 Å². The van der Waals surface area contributed by atoms with Gasteiger partial charge in [0.15, 0.2) is 0 Å². The molecule has 0 N–H and O–H groups in total. The van der Waals surface area contributed by atoms with Crippen molar-refractivity contribution in [2.45, 2.75) is 18.4 Å². The quantitative estimate of drug-likeness (QED) is 0.524. The van der Waals surface area contributed by atoms with E-state index in [-0.39, 0.29) is 6.10 Å². The van der Waals surface area contributed by atoms with Crippen LogP contribution < -0.4 is 4.74 Å². The zero-order chi connectivity index (χ0) is 19.9. The highest BCUT2D eigenvalue weighted by atomic mass is 16.5. The van der Waals surface area contributed by atoms with Gasteiger partial charge in [0.05, 0.1) is 13.7 Å². The van der Waals surface area contributed by atoms with E-state index in [1.165, 1.54) is 23.1 Å². The molecule has 0 aromatic heterocycles. The minimum atomic E-state index is -0.0231. The van der Waals surface area contributed by atoms with Crippen molar-refractivity contribution in [3.8, 4) is 5.75 Å². The summed E-state index contributed by atoms with van der Waals surface area (Å²) in [6.07, 6.45) is 1.14. The van der Waals surface area contributed by atoms with Crippen LogP contribution in [0.5, 0.6) is 5.75 Å². The van der Waals surface area contributed by atoms with Crippen molar-refractivity contribution in [1.82, 2.24) is 4.90 Å². The van der Waals surface area contributed by atoms with Gasteiger partial charge in [0.2, 0.25) is 0 Å². The lowest BCUT2D eigenvalue weighted by molar-refractivity contribution is 0.0642. The van der Waals surface area contributed by atoms with Gasteiger partial charge in [-0.2, -0.15) is 0 Å². The molecule has 0 spiro atoms. The van der Waals surface area contributed by atoms with Crippen LogP contribution >= 0.6 is 0 Å². The highest BCUT2D eigenvalue weighted by molar-refractivity contribution is 5.37. The number of hydrogen-bond acceptors (Lipinski definition) is 3. The summed E-state index contributed by atoms with van der Waals surface area (Å²) in [7, 11) is 1.76. The van der Waals surface area contributed by atoms with Crippen LogP contribution in [0, 0.1) is 0 Å². The molecule has 3 aromatic rings. The van der Waals surface area contributed by atoms with E-state index in [0.29, 0.717) is 12.5 Å².